The fourth-order valence-corrected chi connectivity index (χ4v) is 13.2. The summed E-state index contributed by atoms with van der Waals surface area (Å²) < 4.78 is 18.1. The summed E-state index contributed by atoms with van der Waals surface area (Å²) in [5.74, 6) is 5.73. The summed E-state index contributed by atoms with van der Waals surface area (Å²) in [6.07, 6.45) is 32.9. The molecular weight excluding hydrogens is 821 g/mol. The first-order valence-electron chi connectivity index (χ1n) is 27.6. The van der Waals surface area contributed by atoms with Crippen LogP contribution in [0.25, 0.3) is 0 Å². The van der Waals surface area contributed by atoms with Crippen LogP contribution in [0.4, 0.5) is 4.79 Å². The molecule has 0 saturated heterocycles. The van der Waals surface area contributed by atoms with Crippen molar-refractivity contribution < 1.29 is 28.6 Å². The third kappa shape index (κ3) is 15.8. The predicted molar refractivity (Wildman–Crippen MR) is 271 cm³/mol. The fraction of sp³-hybridized carbons (Fsp3) is 0.810. The number of hydrogen-bond donors (Lipinski definition) is 2. The van der Waals surface area contributed by atoms with Gasteiger partial charge in [0.2, 0.25) is 5.91 Å². The van der Waals surface area contributed by atoms with Crippen LogP contribution in [0.15, 0.2) is 29.8 Å². The summed E-state index contributed by atoms with van der Waals surface area (Å²) in [4.78, 5) is 38.6. The maximum absolute atomic E-state index is 13.1. The Kier molecular flexibility index (Phi) is 22.2. The van der Waals surface area contributed by atoms with Crippen molar-refractivity contribution in [3.8, 4) is 11.5 Å². The first-order chi connectivity index (χ1) is 31.7. The Balaban J connectivity index is 0.985. The lowest BCUT2D eigenvalue weighted by atomic mass is 9.47. The van der Waals surface area contributed by atoms with Crippen LogP contribution in [0.2, 0.25) is 0 Å². The van der Waals surface area contributed by atoms with E-state index in [4.69, 9.17) is 14.2 Å². The van der Waals surface area contributed by atoms with Crippen molar-refractivity contribution in [1.29, 1.82) is 0 Å². The normalized spacial score (nSPS) is 26.2. The summed E-state index contributed by atoms with van der Waals surface area (Å²) in [6, 6.07) is 5.24. The second kappa shape index (κ2) is 27.2. The van der Waals surface area contributed by atoms with E-state index in [0.29, 0.717) is 35.4 Å². The van der Waals surface area contributed by atoms with Gasteiger partial charge in [-0.3, -0.25) is 9.59 Å². The number of rotatable bonds is 30. The highest BCUT2D eigenvalue weighted by Gasteiger charge is 2.59. The number of amides is 2. The number of Topliss-reactive ketones (excluding diaryl/α,β-unsaturated/α-hetero) is 1. The van der Waals surface area contributed by atoms with E-state index in [1.54, 1.807) is 18.2 Å². The van der Waals surface area contributed by atoms with E-state index in [2.05, 4.69) is 58.3 Å². The molecule has 2 amide bonds. The van der Waals surface area contributed by atoms with Gasteiger partial charge >= 0.3 is 6.09 Å². The molecule has 0 aliphatic heterocycles. The van der Waals surface area contributed by atoms with Crippen molar-refractivity contribution >= 4 is 17.8 Å². The van der Waals surface area contributed by atoms with Gasteiger partial charge in [-0.15, -0.1) is 0 Å². The number of alkyl carbamates (subject to hydrolysis) is 1. The number of ether oxygens (including phenoxy) is 3. The average molecular weight is 917 g/mol. The molecule has 4 aliphatic rings. The molecule has 66 heavy (non-hydrogen) atoms. The summed E-state index contributed by atoms with van der Waals surface area (Å²) in [6.45, 7) is 19.7. The third-order valence-electron chi connectivity index (χ3n) is 17.1. The average Bonchev–Trinajstić information content (AvgIpc) is 3.65. The number of ketones is 1. The Hall–Kier alpha value is -3.03. The molecule has 0 aromatic heterocycles. The zero-order valence-electron chi connectivity index (χ0n) is 43.4. The standard InChI is InChI=1S/C58H96N2O6/c1-9-10-11-12-13-14-15-16-17-18-19-20-21-25-54(61)59-34-36-64-48-38-45(55(62)43(4)5)39-49(41-48)65-37-35-60-56(63)66-47-30-32-57(7)46(40-47)26-27-50-52-29-28-51(44(6)24-22-23-42(2)3)58(52,8)33-31-53(50)57/h26,38-39,41-44,47,50-53H,9-25,27-37,40H2,1-8H3,(H,59,61)(H,60,63)/t44-,47+,50+,51-,52+,53+,57+,58-/m1/s1. The molecule has 0 bridgehead atoms. The highest BCUT2D eigenvalue weighted by atomic mass is 16.6. The zero-order chi connectivity index (χ0) is 47.5. The Bertz CT molecular complexity index is 1670. The minimum absolute atomic E-state index is 0.00281. The van der Waals surface area contributed by atoms with Gasteiger partial charge in [0.25, 0.3) is 0 Å². The number of unbranched alkanes of at least 4 members (excludes halogenated alkanes) is 12. The molecule has 5 rings (SSSR count). The highest BCUT2D eigenvalue weighted by Crippen LogP contribution is 2.67. The van der Waals surface area contributed by atoms with Crippen molar-refractivity contribution in [3.63, 3.8) is 0 Å². The number of fused-ring (bicyclic) bond motifs is 5. The molecule has 0 radical (unpaired) electrons. The molecule has 0 heterocycles. The molecule has 8 heteroatoms. The van der Waals surface area contributed by atoms with E-state index in [9.17, 15) is 14.4 Å². The second-order valence-electron chi connectivity index (χ2n) is 22.7. The number of carbonyl (C=O) groups is 3. The van der Waals surface area contributed by atoms with Gasteiger partial charge in [0.05, 0.1) is 13.1 Å². The van der Waals surface area contributed by atoms with E-state index in [0.717, 1.165) is 67.6 Å². The van der Waals surface area contributed by atoms with Crippen LogP contribution in [0, 0.1) is 52.3 Å². The Morgan fingerprint density at radius 1 is 0.697 bits per heavy atom. The molecule has 2 N–H and O–H groups in total. The first kappa shape index (κ1) is 53.9. The van der Waals surface area contributed by atoms with Crippen LogP contribution >= 0.6 is 0 Å². The molecule has 4 aliphatic carbocycles. The monoisotopic (exact) mass is 917 g/mol. The molecule has 3 saturated carbocycles. The first-order valence-corrected chi connectivity index (χ1v) is 27.6. The van der Waals surface area contributed by atoms with Gasteiger partial charge in [0, 0.05) is 30.4 Å². The lowest BCUT2D eigenvalue weighted by Gasteiger charge is -2.58. The van der Waals surface area contributed by atoms with Gasteiger partial charge in [-0.1, -0.05) is 163 Å². The van der Waals surface area contributed by atoms with Crippen LogP contribution < -0.4 is 20.1 Å². The van der Waals surface area contributed by atoms with Crippen molar-refractivity contribution in [2.45, 2.75) is 222 Å². The van der Waals surface area contributed by atoms with E-state index in [-0.39, 0.29) is 48.9 Å². The molecule has 8 atom stereocenters. The van der Waals surface area contributed by atoms with Gasteiger partial charge in [-0.05, 0) is 110 Å². The van der Waals surface area contributed by atoms with Crippen LogP contribution in [0.1, 0.15) is 226 Å². The molecule has 8 nitrogen and oxygen atoms in total. The zero-order valence-corrected chi connectivity index (χ0v) is 43.4. The highest BCUT2D eigenvalue weighted by molar-refractivity contribution is 5.98. The number of allylic oxidation sites excluding steroid dienone is 1. The molecule has 374 valence electrons. The quantitative estimate of drug-likeness (QED) is 0.0453. The Morgan fingerprint density at radius 3 is 1.94 bits per heavy atom. The summed E-state index contributed by atoms with van der Waals surface area (Å²) in [5, 5.41) is 5.88. The Morgan fingerprint density at radius 2 is 1.32 bits per heavy atom. The number of hydrogen-bond acceptors (Lipinski definition) is 6. The van der Waals surface area contributed by atoms with Gasteiger partial charge in [0.15, 0.2) is 5.78 Å². The van der Waals surface area contributed by atoms with Gasteiger partial charge in [-0.25, -0.2) is 4.79 Å². The van der Waals surface area contributed by atoms with Crippen molar-refractivity contribution in [1.82, 2.24) is 10.6 Å². The fourth-order valence-electron chi connectivity index (χ4n) is 13.2. The van der Waals surface area contributed by atoms with E-state index in [1.165, 1.54) is 128 Å². The summed E-state index contributed by atoms with van der Waals surface area (Å²) in [7, 11) is 0. The molecule has 1 aromatic rings. The number of nitrogens with one attached hydrogen (secondary N) is 2. The molecule has 0 unspecified atom stereocenters. The van der Waals surface area contributed by atoms with Gasteiger partial charge in [-0.2, -0.15) is 0 Å². The molecular formula is C58H96N2O6. The van der Waals surface area contributed by atoms with E-state index in [1.807, 2.05) is 13.8 Å². The molecule has 1 aromatic carbocycles. The molecule has 0 spiro atoms. The van der Waals surface area contributed by atoms with Crippen molar-refractivity contribution in [3.05, 3.63) is 35.4 Å². The number of benzene rings is 1. The maximum Gasteiger partial charge on any atom is 0.407 e. The third-order valence-corrected chi connectivity index (χ3v) is 17.1. The van der Waals surface area contributed by atoms with Crippen molar-refractivity contribution in [2.24, 2.45) is 52.3 Å². The minimum Gasteiger partial charge on any atom is -0.492 e. The van der Waals surface area contributed by atoms with Crippen LogP contribution in [0.5, 0.6) is 11.5 Å². The SMILES string of the molecule is CCCCCCCCCCCCCCCC(=O)NCCOc1cc(OCCNC(=O)O[C@H]2CC[C@@]3(C)C(=CC[C@H]4[C@@H]5CC[C@H]([C@H](C)CCCC(C)C)[C@@]5(C)CC[C@@H]43)C2)cc(C(=O)C(C)C)c1. The van der Waals surface area contributed by atoms with Gasteiger partial charge < -0.3 is 24.8 Å². The largest absolute Gasteiger partial charge is 0.492 e. The lowest BCUT2D eigenvalue weighted by molar-refractivity contribution is -0.121. The van der Waals surface area contributed by atoms with E-state index >= 15 is 0 Å². The van der Waals surface area contributed by atoms with E-state index < -0.39 is 6.09 Å². The summed E-state index contributed by atoms with van der Waals surface area (Å²) in [5.41, 5.74) is 2.74. The predicted octanol–water partition coefficient (Wildman–Crippen LogP) is 15.0. The number of carbonyl (C=O) groups excluding carboxylic acids is 3. The topological polar surface area (TPSA) is 103 Å². The van der Waals surface area contributed by atoms with Crippen LogP contribution in [0.3, 0.4) is 0 Å². The molecule has 3 fully saturated rings. The lowest BCUT2D eigenvalue weighted by Crippen LogP contribution is -2.51. The summed E-state index contributed by atoms with van der Waals surface area (Å²) >= 11 is 0. The minimum atomic E-state index is -0.404. The Labute approximate surface area is 403 Å². The maximum atomic E-state index is 13.1. The van der Waals surface area contributed by atoms with Crippen LogP contribution in [-0.4, -0.2) is 50.2 Å². The van der Waals surface area contributed by atoms with Crippen molar-refractivity contribution in [2.75, 3.05) is 26.3 Å². The smallest absolute Gasteiger partial charge is 0.407 e. The second-order valence-corrected chi connectivity index (χ2v) is 22.7. The van der Waals surface area contributed by atoms with Gasteiger partial charge in [0.1, 0.15) is 30.8 Å². The van der Waals surface area contributed by atoms with Crippen LogP contribution in [-0.2, 0) is 9.53 Å².